The minimum atomic E-state index is 0.421. The lowest BCUT2D eigenvalue weighted by Crippen LogP contribution is -2.25. The van der Waals surface area contributed by atoms with Crippen LogP contribution in [0.3, 0.4) is 0 Å². The molecular weight excluding hydrogens is 220 g/mol. The summed E-state index contributed by atoms with van der Waals surface area (Å²) in [4.78, 5) is 0. The molecule has 1 atom stereocenters. The third-order valence-electron chi connectivity index (χ3n) is 4.28. The van der Waals surface area contributed by atoms with E-state index in [1.165, 1.54) is 51.4 Å². The summed E-state index contributed by atoms with van der Waals surface area (Å²) >= 11 is 0. The smallest absolute Gasteiger partial charge is 0.0741 e. The van der Waals surface area contributed by atoms with Gasteiger partial charge in [0.2, 0.25) is 0 Å². The molecule has 0 fully saturated rings. The first-order chi connectivity index (χ1) is 8.59. The number of hydrogen-bond acceptors (Lipinski definition) is 2. The molecule has 0 saturated heterocycles. The van der Waals surface area contributed by atoms with Crippen molar-refractivity contribution in [2.24, 2.45) is 21.6 Å². The van der Waals surface area contributed by atoms with Crippen LogP contribution in [0.25, 0.3) is 0 Å². The zero-order chi connectivity index (χ0) is 13.4. The number of unbranched alkanes of at least 4 members (excludes halogenated alkanes) is 2. The van der Waals surface area contributed by atoms with E-state index in [2.05, 4.69) is 37.9 Å². The first-order valence-corrected chi connectivity index (χ1v) is 7.95. The molecule has 1 heterocycles. The number of hydrogen-bond donors (Lipinski definition) is 0. The van der Waals surface area contributed by atoms with Gasteiger partial charge in [-0.3, -0.25) is 0 Å². The number of azo groups is 1. The molecule has 0 aromatic carbocycles. The first-order valence-electron chi connectivity index (χ1n) is 7.95. The monoisotopic (exact) mass is 252 g/mol. The van der Waals surface area contributed by atoms with Crippen LogP contribution in [0.2, 0.25) is 0 Å². The van der Waals surface area contributed by atoms with Crippen LogP contribution in [0, 0.1) is 11.3 Å². The molecule has 0 saturated carbocycles. The Hall–Kier alpha value is -0.400. The van der Waals surface area contributed by atoms with Crippen molar-refractivity contribution >= 4 is 0 Å². The highest BCUT2D eigenvalue weighted by Gasteiger charge is 2.30. The number of rotatable bonds is 7. The molecule has 1 aliphatic rings. The third kappa shape index (κ3) is 5.49. The van der Waals surface area contributed by atoms with Gasteiger partial charge in [0.25, 0.3) is 0 Å². The lowest BCUT2D eigenvalue weighted by molar-refractivity contribution is 0.242. The minimum absolute atomic E-state index is 0.421. The molecule has 0 aromatic heterocycles. The maximum atomic E-state index is 4.65. The summed E-state index contributed by atoms with van der Waals surface area (Å²) < 4.78 is 0. The molecule has 0 aliphatic carbocycles. The van der Waals surface area contributed by atoms with Crippen LogP contribution >= 0.6 is 0 Å². The Labute approximate surface area is 114 Å². The van der Waals surface area contributed by atoms with Gasteiger partial charge < -0.3 is 0 Å². The van der Waals surface area contributed by atoms with Gasteiger partial charge in [0, 0.05) is 0 Å². The molecule has 0 amide bonds. The summed E-state index contributed by atoms with van der Waals surface area (Å²) in [6.07, 6.45) is 10.4. The van der Waals surface area contributed by atoms with Gasteiger partial charge in [0.1, 0.15) is 0 Å². The zero-order valence-corrected chi connectivity index (χ0v) is 12.9. The van der Waals surface area contributed by atoms with E-state index in [4.69, 9.17) is 0 Å². The zero-order valence-electron chi connectivity index (χ0n) is 12.9. The van der Waals surface area contributed by atoms with Crippen molar-refractivity contribution < 1.29 is 0 Å². The average molecular weight is 252 g/mol. The van der Waals surface area contributed by atoms with Crippen molar-refractivity contribution in [1.82, 2.24) is 0 Å². The van der Waals surface area contributed by atoms with E-state index in [9.17, 15) is 0 Å². The summed E-state index contributed by atoms with van der Waals surface area (Å²) in [5.41, 5.74) is 0.421. The molecule has 18 heavy (non-hydrogen) atoms. The summed E-state index contributed by atoms with van der Waals surface area (Å²) in [6.45, 7) is 10.3. The van der Waals surface area contributed by atoms with Crippen LogP contribution in [0.1, 0.15) is 79.1 Å². The molecule has 1 unspecified atom stereocenters. The summed E-state index contributed by atoms with van der Waals surface area (Å²) in [5, 5.41) is 9.06. The Morgan fingerprint density at radius 2 is 1.72 bits per heavy atom. The topological polar surface area (TPSA) is 24.7 Å². The molecular formula is C16H32N2. The van der Waals surface area contributed by atoms with Crippen molar-refractivity contribution in [2.75, 3.05) is 6.54 Å². The standard InChI is InChI=1S/C16H32N2/c1-5-7-9-14(10-8-6-2)15-13-16(3,4)11-12-17-18-15/h14-15H,5-13H2,1-4H3. The largest absolute Gasteiger partial charge is 0.194 e. The van der Waals surface area contributed by atoms with Gasteiger partial charge >= 0.3 is 0 Å². The van der Waals surface area contributed by atoms with E-state index in [0.717, 1.165) is 12.5 Å². The van der Waals surface area contributed by atoms with Crippen LogP contribution in [0.4, 0.5) is 0 Å². The van der Waals surface area contributed by atoms with Crippen LogP contribution < -0.4 is 0 Å². The van der Waals surface area contributed by atoms with E-state index in [1.807, 2.05) is 0 Å². The molecule has 0 bridgehead atoms. The third-order valence-corrected chi connectivity index (χ3v) is 4.28. The molecule has 106 valence electrons. The fraction of sp³-hybridized carbons (Fsp3) is 1.00. The molecule has 2 nitrogen and oxygen atoms in total. The van der Waals surface area contributed by atoms with E-state index in [-0.39, 0.29) is 0 Å². The van der Waals surface area contributed by atoms with Crippen molar-refractivity contribution in [3.63, 3.8) is 0 Å². The quantitative estimate of drug-likeness (QED) is 0.561. The van der Waals surface area contributed by atoms with Crippen LogP contribution in [-0.4, -0.2) is 12.6 Å². The van der Waals surface area contributed by atoms with Gasteiger partial charge in [-0.1, -0.05) is 53.4 Å². The SMILES string of the molecule is CCCCC(CCCC)C1CC(C)(C)CCN=N1. The molecule has 0 N–H and O–H groups in total. The van der Waals surface area contributed by atoms with Gasteiger partial charge in [0.15, 0.2) is 0 Å². The predicted octanol–water partition coefficient (Wildman–Crippen LogP) is 5.62. The molecule has 2 heteroatoms. The first kappa shape index (κ1) is 15.7. The second kappa shape index (κ2) is 7.91. The van der Waals surface area contributed by atoms with E-state index >= 15 is 0 Å². The van der Waals surface area contributed by atoms with Crippen LogP contribution in [0.15, 0.2) is 10.2 Å². The van der Waals surface area contributed by atoms with Gasteiger partial charge in [-0.2, -0.15) is 10.2 Å². The Bertz CT molecular complexity index is 237. The molecule has 0 spiro atoms. The number of nitrogens with zero attached hydrogens (tertiary/aromatic N) is 2. The Morgan fingerprint density at radius 3 is 2.28 bits per heavy atom. The predicted molar refractivity (Wildman–Crippen MR) is 79.1 cm³/mol. The molecule has 1 rings (SSSR count). The Balaban J connectivity index is 2.62. The molecule has 0 radical (unpaired) electrons. The van der Waals surface area contributed by atoms with Gasteiger partial charge in [-0.25, -0.2) is 0 Å². The lowest BCUT2D eigenvalue weighted by atomic mass is 9.77. The minimum Gasteiger partial charge on any atom is -0.194 e. The summed E-state index contributed by atoms with van der Waals surface area (Å²) in [7, 11) is 0. The van der Waals surface area contributed by atoms with Crippen LogP contribution in [0.5, 0.6) is 0 Å². The van der Waals surface area contributed by atoms with Crippen LogP contribution in [-0.2, 0) is 0 Å². The van der Waals surface area contributed by atoms with Crippen molar-refractivity contribution in [1.29, 1.82) is 0 Å². The highest BCUT2D eigenvalue weighted by molar-refractivity contribution is 4.85. The molecule has 1 aliphatic heterocycles. The second-order valence-electron chi connectivity index (χ2n) is 6.71. The Morgan fingerprint density at radius 1 is 1.11 bits per heavy atom. The summed E-state index contributed by atoms with van der Waals surface area (Å²) in [6, 6.07) is 0.487. The average Bonchev–Trinajstić information content (AvgIpc) is 2.50. The van der Waals surface area contributed by atoms with Gasteiger partial charge in [-0.15, -0.1) is 0 Å². The summed E-state index contributed by atoms with van der Waals surface area (Å²) in [5.74, 6) is 0.769. The normalized spacial score (nSPS) is 23.3. The highest BCUT2D eigenvalue weighted by atomic mass is 15.1. The lowest BCUT2D eigenvalue weighted by Gasteiger charge is -2.29. The molecule has 0 aromatic rings. The van der Waals surface area contributed by atoms with Gasteiger partial charge in [0.05, 0.1) is 12.6 Å². The Kier molecular flexibility index (Phi) is 6.88. The fourth-order valence-electron chi connectivity index (χ4n) is 2.95. The van der Waals surface area contributed by atoms with Gasteiger partial charge in [-0.05, 0) is 37.0 Å². The maximum absolute atomic E-state index is 4.65. The fourth-order valence-corrected chi connectivity index (χ4v) is 2.95. The second-order valence-corrected chi connectivity index (χ2v) is 6.71. The van der Waals surface area contributed by atoms with E-state index < -0.39 is 0 Å². The van der Waals surface area contributed by atoms with E-state index in [0.29, 0.717) is 11.5 Å². The van der Waals surface area contributed by atoms with E-state index in [1.54, 1.807) is 0 Å². The van der Waals surface area contributed by atoms with Crippen molar-refractivity contribution in [2.45, 2.75) is 85.1 Å². The van der Waals surface area contributed by atoms with Crippen molar-refractivity contribution in [3.05, 3.63) is 0 Å². The highest BCUT2D eigenvalue weighted by Crippen LogP contribution is 2.36. The maximum Gasteiger partial charge on any atom is 0.0741 e. The van der Waals surface area contributed by atoms with Crippen molar-refractivity contribution in [3.8, 4) is 0 Å².